The summed E-state index contributed by atoms with van der Waals surface area (Å²) in [5.74, 6) is 0. The topological polar surface area (TPSA) is 17.1 Å². The molecule has 1 heterocycles. The molecule has 0 saturated heterocycles. The van der Waals surface area contributed by atoms with Crippen LogP contribution >= 0.6 is 33.9 Å². The fourth-order valence-electron chi connectivity index (χ4n) is 2.56. The molecule has 1 aromatic heterocycles. The van der Waals surface area contributed by atoms with E-state index < -0.39 is 0 Å². The highest BCUT2D eigenvalue weighted by molar-refractivity contribution is 14.1. The molecular weight excluding hydrogens is 379 g/mol. The van der Waals surface area contributed by atoms with Crippen molar-refractivity contribution in [2.45, 2.75) is 78.1 Å². The molecule has 0 aliphatic carbocycles. The average molecular weight is 406 g/mol. The minimum atomic E-state index is 0.983. The molecule has 0 spiro atoms. The van der Waals surface area contributed by atoms with Crippen molar-refractivity contribution in [3.63, 3.8) is 0 Å². The Balaban J connectivity index is 2.64. The van der Waals surface area contributed by atoms with Gasteiger partial charge >= 0.3 is 0 Å². The second-order valence-corrected chi connectivity index (χ2v) is 8.30. The molecule has 3 heteroatoms. The van der Waals surface area contributed by atoms with Crippen LogP contribution in [0.15, 0.2) is 0 Å². The number of hydrogen-bond acceptors (Lipinski definition) is 2. The van der Waals surface area contributed by atoms with E-state index in [1.165, 1.54) is 65.4 Å². The van der Waals surface area contributed by atoms with E-state index >= 15 is 0 Å². The van der Waals surface area contributed by atoms with Crippen LogP contribution in [0.25, 0.3) is 0 Å². The summed E-state index contributed by atoms with van der Waals surface area (Å²) in [6.45, 7) is 4.49. The van der Waals surface area contributed by atoms with Crippen LogP contribution in [0.1, 0.15) is 86.0 Å². The van der Waals surface area contributed by atoms with Gasteiger partial charge in [0.25, 0.3) is 0 Å². The van der Waals surface area contributed by atoms with E-state index in [9.17, 15) is 4.79 Å². The summed E-state index contributed by atoms with van der Waals surface area (Å²) in [4.78, 5) is 12.2. The van der Waals surface area contributed by atoms with Crippen LogP contribution < -0.4 is 0 Å². The summed E-state index contributed by atoms with van der Waals surface area (Å²) >= 11 is 4.11. The zero-order valence-electron chi connectivity index (χ0n) is 12.8. The van der Waals surface area contributed by atoms with Gasteiger partial charge in [-0.15, -0.1) is 11.3 Å². The van der Waals surface area contributed by atoms with Crippen LogP contribution in [-0.4, -0.2) is 6.29 Å². The Kier molecular flexibility index (Phi) is 9.78. The standard InChI is InChI=1S/C17H27IOS/c1-3-5-7-9-11-14-15(12-10-8-6-4-2)17(18)20-16(14)13-19/h13H,3-12H2,1-2H3. The predicted octanol–water partition coefficient (Wildman–Crippen LogP) is 6.41. The Morgan fingerprint density at radius 3 is 1.95 bits per heavy atom. The van der Waals surface area contributed by atoms with Crippen molar-refractivity contribution in [1.29, 1.82) is 0 Å². The van der Waals surface area contributed by atoms with E-state index in [2.05, 4.69) is 36.4 Å². The van der Waals surface area contributed by atoms with E-state index in [1.807, 2.05) is 0 Å². The molecule has 0 N–H and O–H groups in total. The summed E-state index contributed by atoms with van der Waals surface area (Å²) in [7, 11) is 0. The van der Waals surface area contributed by atoms with E-state index in [4.69, 9.17) is 0 Å². The summed E-state index contributed by atoms with van der Waals surface area (Å²) in [6.07, 6.45) is 13.6. The van der Waals surface area contributed by atoms with Crippen LogP contribution in [0, 0.1) is 2.88 Å². The van der Waals surface area contributed by atoms with Crippen LogP contribution in [0.5, 0.6) is 0 Å². The van der Waals surface area contributed by atoms with Crippen molar-refractivity contribution in [2.24, 2.45) is 0 Å². The first kappa shape index (κ1) is 18.1. The second-order valence-electron chi connectivity index (χ2n) is 5.44. The van der Waals surface area contributed by atoms with Crippen molar-refractivity contribution < 1.29 is 4.79 Å². The molecule has 0 saturated carbocycles. The molecule has 0 aliphatic heterocycles. The predicted molar refractivity (Wildman–Crippen MR) is 98.1 cm³/mol. The maximum absolute atomic E-state index is 11.3. The normalized spacial score (nSPS) is 10.9. The summed E-state index contributed by atoms with van der Waals surface area (Å²) in [5, 5.41) is 0. The summed E-state index contributed by atoms with van der Waals surface area (Å²) < 4.78 is 1.34. The molecule has 0 aromatic carbocycles. The van der Waals surface area contributed by atoms with Gasteiger partial charge in [0.05, 0.1) is 7.76 Å². The third kappa shape index (κ3) is 5.84. The van der Waals surface area contributed by atoms with Crippen LogP contribution in [0.2, 0.25) is 0 Å². The highest BCUT2D eigenvalue weighted by atomic mass is 127. The highest BCUT2D eigenvalue weighted by Gasteiger charge is 2.15. The zero-order valence-corrected chi connectivity index (χ0v) is 15.8. The summed E-state index contributed by atoms with van der Waals surface area (Å²) in [6, 6.07) is 0. The minimum absolute atomic E-state index is 0.983. The minimum Gasteiger partial charge on any atom is -0.297 e. The van der Waals surface area contributed by atoms with E-state index in [-0.39, 0.29) is 0 Å². The number of aldehydes is 1. The van der Waals surface area contributed by atoms with E-state index in [0.29, 0.717) is 0 Å². The first-order valence-electron chi connectivity index (χ1n) is 7.99. The van der Waals surface area contributed by atoms with Crippen molar-refractivity contribution in [3.05, 3.63) is 18.9 Å². The van der Waals surface area contributed by atoms with Gasteiger partial charge < -0.3 is 0 Å². The first-order valence-corrected chi connectivity index (χ1v) is 9.89. The van der Waals surface area contributed by atoms with Crippen molar-refractivity contribution in [3.8, 4) is 0 Å². The highest BCUT2D eigenvalue weighted by Crippen LogP contribution is 2.31. The molecule has 1 nitrogen and oxygen atoms in total. The monoisotopic (exact) mass is 406 g/mol. The maximum Gasteiger partial charge on any atom is 0.160 e. The molecule has 20 heavy (non-hydrogen) atoms. The van der Waals surface area contributed by atoms with Crippen LogP contribution in [0.4, 0.5) is 0 Å². The molecule has 0 unspecified atom stereocenters. The van der Waals surface area contributed by atoms with Gasteiger partial charge in [0.15, 0.2) is 6.29 Å². The number of carbonyl (C=O) groups excluding carboxylic acids is 1. The summed E-state index contributed by atoms with van der Waals surface area (Å²) in [5.41, 5.74) is 2.84. The third-order valence-electron chi connectivity index (χ3n) is 3.77. The Hall–Kier alpha value is 0.1000. The van der Waals surface area contributed by atoms with Gasteiger partial charge in [-0.1, -0.05) is 52.4 Å². The van der Waals surface area contributed by atoms with Crippen molar-refractivity contribution >= 4 is 40.2 Å². The molecule has 0 bridgehead atoms. The van der Waals surface area contributed by atoms with Gasteiger partial charge in [0.2, 0.25) is 0 Å². The number of unbranched alkanes of at least 4 members (excludes halogenated alkanes) is 6. The fourth-order valence-corrected chi connectivity index (χ4v) is 4.81. The number of hydrogen-bond donors (Lipinski definition) is 0. The van der Waals surface area contributed by atoms with Crippen LogP contribution in [0.3, 0.4) is 0 Å². The van der Waals surface area contributed by atoms with E-state index in [0.717, 1.165) is 24.0 Å². The number of thiophene rings is 1. The Morgan fingerprint density at radius 1 is 0.900 bits per heavy atom. The van der Waals surface area contributed by atoms with Gasteiger partial charge in [-0.25, -0.2) is 0 Å². The first-order chi connectivity index (χ1) is 9.74. The molecule has 0 aliphatic rings. The third-order valence-corrected chi connectivity index (χ3v) is 6.07. The van der Waals surface area contributed by atoms with Crippen molar-refractivity contribution in [1.82, 2.24) is 0 Å². The number of halogens is 1. The smallest absolute Gasteiger partial charge is 0.160 e. The lowest BCUT2D eigenvalue weighted by atomic mass is 9.99. The van der Waals surface area contributed by atoms with Gasteiger partial charge in [-0.05, 0) is 59.4 Å². The molecule has 0 amide bonds. The van der Waals surface area contributed by atoms with Gasteiger partial charge in [0, 0.05) is 0 Å². The zero-order chi connectivity index (χ0) is 14.8. The van der Waals surface area contributed by atoms with Crippen molar-refractivity contribution in [2.75, 3.05) is 0 Å². The molecular formula is C17H27IOS. The lowest BCUT2D eigenvalue weighted by molar-refractivity contribution is 0.112. The Bertz CT molecular complexity index is 398. The quantitative estimate of drug-likeness (QED) is 0.236. The molecule has 0 fully saturated rings. The average Bonchev–Trinajstić information content (AvgIpc) is 2.76. The molecule has 114 valence electrons. The second kappa shape index (κ2) is 10.8. The number of rotatable bonds is 11. The lowest BCUT2D eigenvalue weighted by Gasteiger charge is -2.06. The SMILES string of the molecule is CCCCCCc1c(I)sc(C=O)c1CCCCCC. The Labute approximate surface area is 141 Å². The largest absolute Gasteiger partial charge is 0.297 e. The molecule has 1 rings (SSSR count). The fraction of sp³-hybridized carbons (Fsp3) is 0.706. The van der Waals surface area contributed by atoms with E-state index in [1.54, 1.807) is 11.3 Å². The van der Waals surface area contributed by atoms with Gasteiger partial charge in [-0.3, -0.25) is 4.79 Å². The maximum atomic E-state index is 11.3. The molecule has 1 aromatic rings. The molecule has 0 atom stereocenters. The lowest BCUT2D eigenvalue weighted by Crippen LogP contribution is -1.96. The van der Waals surface area contributed by atoms with Crippen LogP contribution in [-0.2, 0) is 12.8 Å². The Morgan fingerprint density at radius 2 is 1.45 bits per heavy atom. The van der Waals surface area contributed by atoms with Gasteiger partial charge in [-0.2, -0.15) is 0 Å². The van der Waals surface area contributed by atoms with Gasteiger partial charge in [0.1, 0.15) is 0 Å². The molecule has 0 radical (unpaired) electrons. The number of carbonyl (C=O) groups is 1.